The van der Waals surface area contributed by atoms with Crippen LogP contribution in [0.15, 0.2) is 48.5 Å². The number of carbonyl (C=O) groups is 1. The summed E-state index contributed by atoms with van der Waals surface area (Å²) >= 11 is 1.87. The van der Waals surface area contributed by atoms with Crippen molar-refractivity contribution < 1.29 is 19.3 Å². The van der Waals surface area contributed by atoms with Crippen LogP contribution in [0.3, 0.4) is 0 Å². The third-order valence-corrected chi connectivity index (χ3v) is 6.99. The number of nitrogens with one attached hydrogen (secondary N) is 3. The summed E-state index contributed by atoms with van der Waals surface area (Å²) in [6.45, 7) is 7.65. The molecule has 3 N–H and O–H groups in total. The van der Waals surface area contributed by atoms with Gasteiger partial charge < -0.3 is 19.9 Å². The van der Waals surface area contributed by atoms with E-state index >= 15 is 0 Å². The van der Waals surface area contributed by atoms with Crippen molar-refractivity contribution in [3.8, 4) is 5.75 Å². The molecule has 30 heavy (non-hydrogen) atoms. The Kier molecular flexibility index (Phi) is 7.67. The number of carbonyl (C=O) groups excluding carboxylic acids is 1. The molecule has 2 aromatic carbocycles. The van der Waals surface area contributed by atoms with Crippen LogP contribution < -0.4 is 19.9 Å². The van der Waals surface area contributed by atoms with Crippen LogP contribution in [0, 0.1) is 0 Å². The van der Waals surface area contributed by atoms with Gasteiger partial charge in [-0.3, -0.25) is 4.79 Å². The van der Waals surface area contributed by atoms with Crippen LogP contribution in [0.4, 0.5) is 0 Å². The first-order chi connectivity index (χ1) is 14.8. The van der Waals surface area contributed by atoms with Gasteiger partial charge in [0.1, 0.15) is 38.5 Å². The van der Waals surface area contributed by atoms with Crippen molar-refractivity contribution >= 4 is 17.7 Å². The van der Waals surface area contributed by atoms with Gasteiger partial charge in [0.2, 0.25) is 0 Å². The molecule has 0 saturated carbocycles. The summed E-state index contributed by atoms with van der Waals surface area (Å²) in [5.41, 5.74) is 4.10. The molecule has 0 unspecified atom stereocenters. The summed E-state index contributed by atoms with van der Waals surface area (Å²) in [5.74, 6) is 3.21. The van der Waals surface area contributed by atoms with Gasteiger partial charge in [-0.25, -0.2) is 0 Å². The van der Waals surface area contributed by atoms with Crippen LogP contribution in [0.25, 0.3) is 0 Å². The average Bonchev–Trinajstić information content (AvgIpc) is 3.23. The minimum atomic E-state index is 0.187. The summed E-state index contributed by atoms with van der Waals surface area (Å²) < 4.78 is 5.61. The number of amides is 1. The molecule has 1 amide bonds. The molecule has 5 nitrogen and oxygen atoms in total. The van der Waals surface area contributed by atoms with E-state index in [9.17, 15) is 4.79 Å². The van der Waals surface area contributed by atoms with Crippen LogP contribution in [0.1, 0.15) is 16.7 Å². The molecule has 1 saturated heterocycles. The Morgan fingerprint density at radius 2 is 1.80 bits per heavy atom. The van der Waals surface area contributed by atoms with Gasteiger partial charge in [0.05, 0.1) is 6.61 Å². The Hall–Kier alpha value is -2.02. The fourth-order valence-electron chi connectivity index (χ4n) is 4.27. The molecular formula is C24H33N3O2S+2. The molecule has 0 radical (unpaired) electrons. The van der Waals surface area contributed by atoms with Gasteiger partial charge in [-0.15, -0.1) is 0 Å². The van der Waals surface area contributed by atoms with E-state index in [1.807, 2.05) is 17.8 Å². The van der Waals surface area contributed by atoms with E-state index in [-0.39, 0.29) is 5.91 Å². The minimum absolute atomic E-state index is 0.187. The summed E-state index contributed by atoms with van der Waals surface area (Å²) in [6, 6.07) is 17.1. The Bertz CT molecular complexity index is 822. The number of ether oxygens (including phenoxy) is 1. The van der Waals surface area contributed by atoms with Crippen LogP contribution in [0.2, 0.25) is 0 Å². The second-order valence-electron chi connectivity index (χ2n) is 8.28. The quantitative estimate of drug-likeness (QED) is 0.492. The van der Waals surface area contributed by atoms with Crippen LogP contribution in [0.5, 0.6) is 5.75 Å². The lowest BCUT2D eigenvalue weighted by Gasteiger charge is -2.29. The van der Waals surface area contributed by atoms with E-state index in [1.165, 1.54) is 21.6 Å². The Morgan fingerprint density at radius 3 is 2.63 bits per heavy atom. The van der Waals surface area contributed by atoms with Crippen molar-refractivity contribution in [2.24, 2.45) is 0 Å². The van der Waals surface area contributed by atoms with Gasteiger partial charge in [0.25, 0.3) is 5.91 Å². The number of quaternary nitrogens is 2. The van der Waals surface area contributed by atoms with Gasteiger partial charge in [-0.05, 0) is 29.3 Å². The van der Waals surface area contributed by atoms with E-state index < -0.39 is 0 Å². The monoisotopic (exact) mass is 427 g/mol. The van der Waals surface area contributed by atoms with Crippen molar-refractivity contribution in [1.29, 1.82) is 0 Å². The molecule has 2 aromatic rings. The fraction of sp³-hybridized carbons (Fsp3) is 0.458. The number of rotatable bonds is 9. The number of thioether (sulfide) groups is 1. The summed E-state index contributed by atoms with van der Waals surface area (Å²) in [7, 11) is 0. The molecule has 0 aliphatic carbocycles. The van der Waals surface area contributed by atoms with E-state index in [4.69, 9.17) is 4.74 Å². The lowest BCUT2D eigenvalue weighted by molar-refractivity contribution is -1.02. The maximum atomic E-state index is 12.3. The molecule has 2 aliphatic heterocycles. The molecule has 0 bridgehead atoms. The molecule has 6 heteroatoms. The Morgan fingerprint density at radius 1 is 1.00 bits per heavy atom. The first-order valence-corrected chi connectivity index (χ1v) is 12.2. The highest BCUT2D eigenvalue weighted by molar-refractivity contribution is 7.98. The highest BCUT2D eigenvalue weighted by atomic mass is 32.2. The third kappa shape index (κ3) is 6.24. The molecule has 160 valence electrons. The number of hydrogen-bond acceptors (Lipinski definition) is 3. The molecule has 4 rings (SSSR count). The predicted octanol–water partition coefficient (Wildman–Crippen LogP) is -0.0455. The van der Waals surface area contributed by atoms with Crippen molar-refractivity contribution in [2.45, 2.75) is 18.7 Å². The van der Waals surface area contributed by atoms with Crippen molar-refractivity contribution in [1.82, 2.24) is 5.32 Å². The maximum absolute atomic E-state index is 12.3. The topological polar surface area (TPSA) is 47.2 Å². The summed E-state index contributed by atoms with van der Waals surface area (Å²) in [4.78, 5) is 15.3. The molecule has 2 aliphatic rings. The lowest BCUT2D eigenvalue weighted by Crippen LogP contribution is -3.28. The van der Waals surface area contributed by atoms with Crippen LogP contribution in [-0.4, -0.2) is 57.5 Å². The standard InChI is InChI=1S/C24H31N3O2S/c28-24(25-9-15-30-19-20-4-2-1-3-5-20)18-27-12-10-26(11-13-27)17-21-6-7-23-22(16-21)8-14-29-23/h1-7,16H,8-15,17-19H2,(H,25,28)/p+2. The normalized spacial score (nSPS) is 20.4. The van der Waals surface area contributed by atoms with E-state index in [0.717, 1.165) is 69.6 Å². The second-order valence-corrected chi connectivity index (χ2v) is 9.39. The lowest BCUT2D eigenvalue weighted by atomic mass is 10.1. The number of benzene rings is 2. The SMILES string of the molecule is O=C(C[NH+]1CC[NH+](Cc2ccc3c(c2)CCO3)CC1)NCCSCc1ccccc1. The van der Waals surface area contributed by atoms with E-state index in [0.29, 0.717) is 6.54 Å². The molecule has 2 heterocycles. The highest BCUT2D eigenvalue weighted by Crippen LogP contribution is 2.25. The third-order valence-electron chi connectivity index (χ3n) is 5.96. The minimum Gasteiger partial charge on any atom is -0.493 e. The molecular weight excluding hydrogens is 394 g/mol. The van der Waals surface area contributed by atoms with E-state index in [2.05, 4.69) is 47.8 Å². The zero-order valence-corrected chi connectivity index (χ0v) is 18.4. The van der Waals surface area contributed by atoms with E-state index in [1.54, 1.807) is 4.90 Å². The first-order valence-electron chi connectivity index (χ1n) is 11.1. The van der Waals surface area contributed by atoms with Crippen molar-refractivity contribution in [3.05, 3.63) is 65.2 Å². The predicted molar refractivity (Wildman–Crippen MR) is 121 cm³/mol. The van der Waals surface area contributed by atoms with Gasteiger partial charge >= 0.3 is 0 Å². The van der Waals surface area contributed by atoms with Crippen molar-refractivity contribution in [2.75, 3.05) is 51.6 Å². The average molecular weight is 428 g/mol. The number of piperazine rings is 1. The van der Waals surface area contributed by atoms with Gasteiger partial charge in [0.15, 0.2) is 6.54 Å². The Balaban J connectivity index is 1.09. The number of hydrogen-bond donors (Lipinski definition) is 3. The van der Waals surface area contributed by atoms with Crippen LogP contribution >= 0.6 is 11.8 Å². The Labute approximate surface area is 183 Å². The van der Waals surface area contributed by atoms with Crippen molar-refractivity contribution in [3.63, 3.8) is 0 Å². The molecule has 0 aromatic heterocycles. The first kappa shape index (κ1) is 21.2. The molecule has 1 fully saturated rings. The fourth-order valence-corrected chi connectivity index (χ4v) is 5.08. The summed E-state index contributed by atoms with van der Waals surface area (Å²) in [6.07, 6.45) is 1.04. The summed E-state index contributed by atoms with van der Waals surface area (Å²) in [5, 5.41) is 3.09. The van der Waals surface area contributed by atoms with Crippen LogP contribution in [-0.2, 0) is 23.5 Å². The zero-order valence-electron chi connectivity index (χ0n) is 17.6. The second kappa shape index (κ2) is 10.8. The highest BCUT2D eigenvalue weighted by Gasteiger charge is 2.25. The van der Waals surface area contributed by atoms with Gasteiger partial charge in [-0.2, -0.15) is 11.8 Å². The maximum Gasteiger partial charge on any atom is 0.275 e. The largest absolute Gasteiger partial charge is 0.493 e. The smallest absolute Gasteiger partial charge is 0.275 e. The van der Waals surface area contributed by atoms with Gasteiger partial charge in [-0.1, -0.05) is 30.3 Å². The van der Waals surface area contributed by atoms with Gasteiger partial charge in [0, 0.05) is 30.0 Å². The molecule has 0 spiro atoms. The molecule has 0 atom stereocenters. The number of fused-ring (bicyclic) bond motifs is 1. The zero-order chi connectivity index (χ0) is 20.6.